The molecule has 1 N–H and O–H groups in total. The predicted molar refractivity (Wildman–Crippen MR) is 80.6 cm³/mol. The third-order valence-electron chi connectivity index (χ3n) is 2.56. The van der Waals surface area contributed by atoms with Crippen LogP contribution < -0.4 is 9.46 Å². The standard InChI is InChI=1S/C15H18F3NO2S/c1-5-13(19-22(20)14(2,3)4)11-6-8-12(9-7-11)21-10-15(16,17)18/h1,6-9,13,19H,10H2,2-4H3/t13-,22+/m1/s1. The summed E-state index contributed by atoms with van der Waals surface area (Å²) in [5.74, 6) is 2.56. The summed E-state index contributed by atoms with van der Waals surface area (Å²) in [7, 11) is 0. The second-order valence-electron chi connectivity index (χ2n) is 5.57. The molecule has 122 valence electrons. The first-order valence-corrected chi connectivity index (χ1v) is 7.61. The summed E-state index contributed by atoms with van der Waals surface area (Å²) in [5.41, 5.74) is 0.624. The van der Waals surface area contributed by atoms with Gasteiger partial charge in [-0.15, -0.1) is 11.1 Å². The normalized spacial score (nSPS) is 15.0. The molecule has 2 atom stereocenters. The second-order valence-corrected chi connectivity index (χ2v) is 7.57. The molecule has 7 heteroatoms. The summed E-state index contributed by atoms with van der Waals surface area (Å²) >= 11 is -1.36. The Morgan fingerprint density at radius 1 is 1.27 bits per heavy atom. The fourth-order valence-corrected chi connectivity index (χ4v) is 2.18. The van der Waals surface area contributed by atoms with E-state index in [1.807, 2.05) is 0 Å². The SMILES string of the molecule is C#C[C@@H](N[S@@+]([O-])C(C)(C)C)c1ccc(OCC(F)(F)F)cc1. The minimum Gasteiger partial charge on any atom is -0.598 e. The first kappa shape index (κ1) is 18.7. The van der Waals surface area contributed by atoms with Gasteiger partial charge in [-0.1, -0.05) is 18.1 Å². The van der Waals surface area contributed by atoms with Gasteiger partial charge in [-0.2, -0.15) is 13.2 Å². The highest BCUT2D eigenvalue weighted by atomic mass is 32.2. The number of ether oxygens (including phenoxy) is 1. The van der Waals surface area contributed by atoms with Crippen molar-refractivity contribution in [3.63, 3.8) is 0 Å². The van der Waals surface area contributed by atoms with Crippen molar-refractivity contribution in [2.24, 2.45) is 0 Å². The third-order valence-corrected chi connectivity index (χ3v) is 4.13. The van der Waals surface area contributed by atoms with E-state index < -0.39 is 34.9 Å². The average Bonchev–Trinajstić information content (AvgIpc) is 2.41. The number of nitrogens with one attached hydrogen (secondary N) is 1. The highest BCUT2D eigenvalue weighted by molar-refractivity contribution is 7.90. The first-order valence-electron chi connectivity index (χ1n) is 6.46. The molecular formula is C15H18F3NO2S. The number of rotatable bonds is 5. The van der Waals surface area contributed by atoms with Crippen molar-refractivity contribution in [2.75, 3.05) is 6.61 Å². The van der Waals surface area contributed by atoms with Crippen molar-refractivity contribution in [1.29, 1.82) is 0 Å². The van der Waals surface area contributed by atoms with Crippen LogP contribution in [0.2, 0.25) is 0 Å². The van der Waals surface area contributed by atoms with E-state index in [0.717, 1.165) is 0 Å². The molecule has 0 aliphatic carbocycles. The Balaban J connectivity index is 2.73. The Bertz CT molecular complexity index is 518. The molecule has 3 nitrogen and oxygen atoms in total. The van der Waals surface area contributed by atoms with Crippen LogP contribution >= 0.6 is 0 Å². The van der Waals surface area contributed by atoms with Crippen molar-refractivity contribution < 1.29 is 22.5 Å². The fourth-order valence-electron chi connectivity index (χ4n) is 1.40. The van der Waals surface area contributed by atoms with Crippen LogP contribution in [0.1, 0.15) is 32.4 Å². The van der Waals surface area contributed by atoms with Crippen LogP contribution in [0.25, 0.3) is 0 Å². The number of hydrogen-bond donors (Lipinski definition) is 1. The van der Waals surface area contributed by atoms with E-state index in [0.29, 0.717) is 5.56 Å². The van der Waals surface area contributed by atoms with Gasteiger partial charge in [-0.05, 0) is 38.5 Å². The Morgan fingerprint density at radius 2 is 1.82 bits per heavy atom. The van der Waals surface area contributed by atoms with Gasteiger partial charge in [0.2, 0.25) is 0 Å². The fraction of sp³-hybridized carbons (Fsp3) is 0.467. The van der Waals surface area contributed by atoms with Gasteiger partial charge in [-0.25, -0.2) is 0 Å². The topological polar surface area (TPSA) is 44.3 Å². The smallest absolute Gasteiger partial charge is 0.422 e. The van der Waals surface area contributed by atoms with Crippen LogP contribution in [0.3, 0.4) is 0 Å². The van der Waals surface area contributed by atoms with Gasteiger partial charge >= 0.3 is 6.18 Å². The van der Waals surface area contributed by atoms with Crippen molar-refractivity contribution in [1.82, 2.24) is 4.72 Å². The van der Waals surface area contributed by atoms with Gasteiger partial charge in [0.05, 0.1) is 0 Å². The van der Waals surface area contributed by atoms with E-state index >= 15 is 0 Å². The lowest BCUT2D eigenvalue weighted by Gasteiger charge is -2.26. The Labute approximate surface area is 131 Å². The van der Waals surface area contributed by atoms with Crippen LogP contribution in [0, 0.1) is 12.3 Å². The minimum atomic E-state index is -4.38. The third kappa shape index (κ3) is 6.18. The van der Waals surface area contributed by atoms with E-state index in [4.69, 9.17) is 6.42 Å². The maximum absolute atomic E-state index is 12.1. The molecule has 22 heavy (non-hydrogen) atoms. The molecule has 0 aromatic heterocycles. The summed E-state index contributed by atoms with van der Waals surface area (Å²) in [6.45, 7) is 4.06. The van der Waals surface area contributed by atoms with Crippen molar-refractivity contribution in [2.45, 2.75) is 37.7 Å². The summed E-state index contributed by atoms with van der Waals surface area (Å²) in [6.07, 6.45) is 1.04. The van der Waals surface area contributed by atoms with E-state index in [-0.39, 0.29) is 5.75 Å². The highest BCUT2D eigenvalue weighted by Crippen LogP contribution is 2.23. The molecule has 1 aromatic rings. The lowest BCUT2D eigenvalue weighted by atomic mass is 10.1. The maximum atomic E-state index is 12.1. The number of halogens is 3. The Morgan fingerprint density at radius 3 is 2.23 bits per heavy atom. The van der Waals surface area contributed by atoms with Crippen molar-refractivity contribution in [3.8, 4) is 18.1 Å². The zero-order valence-electron chi connectivity index (χ0n) is 12.5. The molecule has 0 aliphatic rings. The van der Waals surface area contributed by atoms with Gasteiger partial charge in [0.25, 0.3) is 0 Å². The minimum absolute atomic E-state index is 0.0915. The molecule has 0 aliphatic heterocycles. The largest absolute Gasteiger partial charge is 0.598 e. The van der Waals surface area contributed by atoms with Crippen molar-refractivity contribution in [3.05, 3.63) is 29.8 Å². The summed E-state index contributed by atoms with van der Waals surface area (Å²) < 4.78 is 55.2. The van der Waals surface area contributed by atoms with E-state index in [9.17, 15) is 17.7 Å². The summed E-state index contributed by atoms with van der Waals surface area (Å²) in [6, 6.07) is 5.28. The Kier molecular flexibility index (Phi) is 6.17. The molecule has 0 spiro atoms. The molecule has 0 bridgehead atoms. The van der Waals surface area contributed by atoms with Crippen LogP contribution in [0.5, 0.6) is 5.75 Å². The zero-order chi connectivity index (χ0) is 17.0. The van der Waals surface area contributed by atoms with Crippen LogP contribution in [-0.2, 0) is 11.4 Å². The molecule has 0 heterocycles. The van der Waals surface area contributed by atoms with Gasteiger partial charge in [0.15, 0.2) is 6.61 Å². The highest BCUT2D eigenvalue weighted by Gasteiger charge is 2.30. The van der Waals surface area contributed by atoms with Gasteiger partial charge < -0.3 is 9.29 Å². The lowest BCUT2D eigenvalue weighted by molar-refractivity contribution is -0.153. The van der Waals surface area contributed by atoms with Crippen molar-refractivity contribution >= 4 is 11.4 Å². The lowest BCUT2D eigenvalue weighted by Crippen LogP contribution is -2.40. The van der Waals surface area contributed by atoms with Gasteiger partial charge in [0, 0.05) is 11.4 Å². The number of terminal acetylenes is 1. The molecule has 0 unspecified atom stereocenters. The summed E-state index contributed by atoms with van der Waals surface area (Å²) in [4.78, 5) is 0. The molecule has 1 aromatic carbocycles. The first-order chi connectivity index (χ1) is 10.0. The van der Waals surface area contributed by atoms with Crippen LogP contribution in [0.4, 0.5) is 13.2 Å². The van der Waals surface area contributed by atoms with E-state index in [1.165, 1.54) is 12.1 Å². The van der Waals surface area contributed by atoms with Crippen LogP contribution in [-0.4, -0.2) is 22.1 Å². The average molecular weight is 333 g/mol. The predicted octanol–water partition coefficient (Wildman–Crippen LogP) is 3.35. The van der Waals surface area contributed by atoms with E-state index in [2.05, 4.69) is 15.4 Å². The monoisotopic (exact) mass is 333 g/mol. The molecule has 0 fully saturated rings. The number of alkyl halides is 3. The molecule has 0 radical (unpaired) electrons. The molecule has 0 amide bonds. The molecule has 0 saturated carbocycles. The zero-order valence-corrected chi connectivity index (χ0v) is 13.3. The van der Waals surface area contributed by atoms with Gasteiger partial charge in [0.1, 0.15) is 16.5 Å². The molecular weight excluding hydrogens is 315 g/mol. The molecule has 1 rings (SSSR count). The molecule has 0 saturated heterocycles. The van der Waals surface area contributed by atoms with E-state index in [1.54, 1.807) is 32.9 Å². The maximum Gasteiger partial charge on any atom is 0.422 e. The Hall–Kier alpha value is -1.36. The summed E-state index contributed by atoms with van der Waals surface area (Å²) in [5, 5.41) is 0. The quantitative estimate of drug-likeness (QED) is 0.664. The number of benzene rings is 1. The van der Waals surface area contributed by atoms with Crippen LogP contribution in [0.15, 0.2) is 24.3 Å². The van der Waals surface area contributed by atoms with Gasteiger partial charge in [-0.3, -0.25) is 0 Å². The second kappa shape index (κ2) is 7.27. The number of hydrogen-bond acceptors (Lipinski definition) is 3.